The number of fused-ring (bicyclic) bond motifs is 1. The lowest BCUT2D eigenvalue weighted by molar-refractivity contribution is -0.137. The van der Waals surface area contributed by atoms with Crippen molar-refractivity contribution in [1.82, 2.24) is 14.9 Å². The maximum absolute atomic E-state index is 12.9. The number of aliphatic carboxylic acids is 1. The average molecular weight is 458 g/mol. The van der Waals surface area contributed by atoms with Crippen molar-refractivity contribution in [2.45, 2.75) is 39.2 Å². The molecular weight excluding hydrogens is 426 g/mol. The second kappa shape index (κ2) is 11.8. The van der Waals surface area contributed by atoms with Crippen LogP contribution in [-0.4, -0.2) is 38.9 Å². The van der Waals surface area contributed by atoms with Gasteiger partial charge in [-0.05, 0) is 47.7 Å². The summed E-state index contributed by atoms with van der Waals surface area (Å²) in [6.07, 6.45) is 0.657. The molecule has 0 radical (unpaired) electrons. The van der Waals surface area contributed by atoms with E-state index in [1.54, 1.807) is 24.1 Å². The Morgan fingerprint density at radius 1 is 0.941 bits per heavy atom. The molecule has 0 spiro atoms. The van der Waals surface area contributed by atoms with Gasteiger partial charge in [0.05, 0.1) is 24.0 Å². The maximum atomic E-state index is 12.9. The molecule has 1 aromatic heterocycles. The molecular formula is C28H31N3O3. The van der Waals surface area contributed by atoms with Gasteiger partial charge in [0.15, 0.2) is 0 Å². The number of amides is 1. The summed E-state index contributed by atoms with van der Waals surface area (Å²) in [6, 6.07) is 24.9. The number of aromatic nitrogens is 2. The van der Waals surface area contributed by atoms with Crippen molar-refractivity contribution in [2.75, 3.05) is 7.05 Å². The molecule has 1 unspecified atom stereocenters. The Morgan fingerprint density at radius 2 is 1.59 bits per heavy atom. The number of hydrogen-bond donors (Lipinski definition) is 2. The Labute approximate surface area is 200 Å². The molecule has 2 N–H and O–H groups in total. The monoisotopic (exact) mass is 457 g/mol. The number of aromatic amines is 1. The number of carbonyl (C=O) groups excluding carboxylic acids is 1. The number of benzene rings is 3. The van der Waals surface area contributed by atoms with Crippen molar-refractivity contribution >= 4 is 22.9 Å². The van der Waals surface area contributed by atoms with E-state index in [9.17, 15) is 14.7 Å². The first-order chi connectivity index (χ1) is 16.5. The number of carboxylic acids is 1. The zero-order valence-corrected chi connectivity index (χ0v) is 19.9. The molecule has 1 amide bonds. The van der Waals surface area contributed by atoms with Gasteiger partial charge in [-0.25, -0.2) is 4.98 Å². The SMILES string of the molecule is CC.CN(Cc1nc2ccccc2[nH]1)C(=O)c1ccc(CC(CC(=O)O)c2ccccc2)cc1. The second-order valence-electron chi connectivity index (χ2n) is 7.97. The third-order valence-corrected chi connectivity index (χ3v) is 5.55. The summed E-state index contributed by atoms with van der Waals surface area (Å²) in [4.78, 5) is 33.6. The maximum Gasteiger partial charge on any atom is 0.303 e. The van der Waals surface area contributed by atoms with Crippen LogP contribution in [-0.2, 0) is 17.8 Å². The topological polar surface area (TPSA) is 86.3 Å². The fraction of sp³-hybridized carbons (Fsp3) is 0.250. The third-order valence-electron chi connectivity index (χ3n) is 5.55. The Balaban J connectivity index is 0.00000158. The Morgan fingerprint density at radius 3 is 2.24 bits per heavy atom. The number of rotatable bonds is 8. The van der Waals surface area contributed by atoms with Crippen LogP contribution in [0.25, 0.3) is 11.0 Å². The summed E-state index contributed by atoms with van der Waals surface area (Å²) in [5.74, 6) is -0.302. The largest absolute Gasteiger partial charge is 0.481 e. The summed E-state index contributed by atoms with van der Waals surface area (Å²) in [5.41, 5.74) is 4.41. The number of H-pyrrole nitrogens is 1. The van der Waals surface area contributed by atoms with Gasteiger partial charge in [-0.15, -0.1) is 0 Å². The highest BCUT2D eigenvalue weighted by Crippen LogP contribution is 2.25. The van der Waals surface area contributed by atoms with Gasteiger partial charge < -0.3 is 15.0 Å². The average Bonchev–Trinajstić information content (AvgIpc) is 3.27. The summed E-state index contributed by atoms with van der Waals surface area (Å²) < 4.78 is 0. The molecule has 0 fully saturated rings. The third kappa shape index (κ3) is 6.32. The number of hydrogen-bond acceptors (Lipinski definition) is 3. The molecule has 6 nitrogen and oxygen atoms in total. The minimum absolute atomic E-state index is 0.0605. The molecule has 34 heavy (non-hydrogen) atoms. The normalized spacial score (nSPS) is 11.4. The van der Waals surface area contributed by atoms with E-state index in [0.29, 0.717) is 18.5 Å². The highest BCUT2D eigenvalue weighted by Gasteiger charge is 2.18. The molecule has 0 bridgehead atoms. The van der Waals surface area contributed by atoms with Gasteiger partial charge in [0.2, 0.25) is 0 Å². The van der Waals surface area contributed by atoms with Gasteiger partial charge in [-0.2, -0.15) is 0 Å². The van der Waals surface area contributed by atoms with E-state index in [2.05, 4.69) is 9.97 Å². The van der Waals surface area contributed by atoms with Crippen LogP contribution in [0.4, 0.5) is 0 Å². The number of carboxylic acid groups (broad SMARTS) is 1. The van der Waals surface area contributed by atoms with Crippen LogP contribution in [0, 0.1) is 0 Å². The fourth-order valence-electron chi connectivity index (χ4n) is 3.91. The number of nitrogens with zero attached hydrogens (tertiary/aromatic N) is 2. The molecule has 176 valence electrons. The molecule has 6 heteroatoms. The molecule has 0 saturated carbocycles. The predicted molar refractivity (Wildman–Crippen MR) is 135 cm³/mol. The lowest BCUT2D eigenvalue weighted by Crippen LogP contribution is -2.26. The van der Waals surface area contributed by atoms with Crippen molar-refractivity contribution in [3.8, 4) is 0 Å². The van der Waals surface area contributed by atoms with E-state index < -0.39 is 5.97 Å². The highest BCUT2D eigenvalue weighted by atomic mass is 16.4. The Bertz CT molecular complexity index is 1180. The van der Waals surface area contributed by atoms with E-state index in [4.69, 9.17) is 0 Å². The second-order valence-corrected chi connectivity index (χ2v) is 7.97. The summed E-state index contributed by atoms with van der Waals surface area (Å²) >= 11 is 0. The van der Waals surface area contributed by atoms with E-state index in [1.165, 1.54) is 0 Å². The van der Waals surface area contributed by atoms with Crippen LogP contribution < -0.4 is 0 Å². The van der Waals surface area contributed by atoms with Gasteiger partial charge in [-0.1, -0.05) is 68.4 Å². The molecule has 1 atom stereocenters. The fourth-order valence-corrected chi connectivity index (χ4v) is 3.91. The first kappa shape index (κ1) is 24.7. The zero-order chi connectivity index (χ0) is 24.5. The van der Waals surface area contributed by atoms with Crippen LogP contribution in [0.3, 0.4) is 0 Å². The minimum atomic E-state index is -0.821. The number of carbonyl (C=O) groups is 2. The molecule has 0 aliphatic rings. The first-order valence-electron chi connectivity index (χ1n) is 11.5. The van der Waals surface area contributed by atoms with Crippen LogP contribution in [0.5, 0.6) is 0 Å². The van der Waals surface area contributed by atoms with E-state index >= 15 is 0 Å². The number of para-hydroxylation sites is 2. The quantitative estimate of drug-likeness (QED) is 0.357. The van der Waals surface area contributed by atoms with Crippen LogP contribution in [0.1, 0.15) is 53.5 Å². The van der Waals surface area contributed by atoms with Gasteiger partial charge in [0.1, 0.15) is 5.82 Å². The molecule has 0 aliphatic carbocycles. The zero-order valence-electron chi connectivity index (χ0n) is 19.9. The molecule has 3 aromatic carbocycles. The molecule has 1 heterocycles. The van der Waals surface area contributed by atoms with Crippen molar-refractivity contribution in [2.24, 2.45) is 0 Å². The van der Waals surface area contributed by atoms with Gasteiger partial charge in [0.25, 0.3) is 5.91 Å². The molecule has 0 aliphatic heterocycles. The van der Waals surface area contributed by atoms with Crippen LogP contribution in [0.15, 0.2) is 78.9 Å². The van der Waals surface area contributed by atoms with Gasteiger partial charge in [0, 0.05) is 12.6 Å². The molecule has 4 rings (SSSR count). The molecule has 4 aromatic rings. The summed E-state index contributed by atoms with van der Waals surface area (Å²) in [6.45, 7) is 4.38. The summed E-state index contributed by atoms with van der Waals surface area (Å²) in [5, 5.41) is 9.31. The highest BCUT2D eigenvalue weighted by molar-refractivity contribution is 5.94. The van der Waals surface area contributed by atoms with Crippen LogP contribution in [0.2, 0.25) is 0 Å². The predicted octanol–water partition coefficient (Wildman–Crippen LogP) is 5.66. The Kier molecular flexibility index (Phi) is 8.57. The van der Waals surface area contributed by atoms with E-state index in [-0.39, 0.29) is 18.2 Å². The number of imidazole rings is 1. The lowest BCUT2D eigenvalue weighted by atomic mass is 9.89. The standard InChI is InChI=1S/C26H25N3O3.C2H6/c1-29(17-24-27-22-9-5-6-10-23(22)28-24)26(32)20-13-11-18(12-14-20)15-21(16-25(30)31)19-7-3-2-4-8-19;1-2/h2-14,21H,15-17H2,1H3,(H,27,28)(H,30,31);1-2H3. The smallest absolute Gasteiger partial charge is 0.303 e. The van der Waals surface area contributed by atoms with Gasteiger partial charge in [-0.3, -0.25) is 9.59 Å². The van der Waals surface area contributed by atoms with E-state index in [1.807, 2.05) is 80.6 Å². The Hall–Kier alpha value is -3.93. The lowest BCUT2D eigenvalue weighted by Gasteiger charge is -2.17. The number of nitrogens with one attached hydrogen (secondary N) is 1. The van der Waals surface area contributed by atoms with Crippen molar-refractivity contribution in [1.29, 1.82) is 0 Å². The first-order valence-corrected chi connectivity index (χ1v) is 11.5. The van der Waals surface area contributed by atoms with Crippen LogP contribution >= 0.6 is 0 Å². The van der Waals surface area contributed by atoms with Crippen molar-refractivity contribution in [3.63, 3.8) is 0 Å². The van der Waals surface area contributed by atoms with Gasteiger partial charge >= 0.3 is 5.97 Å². The van der Waals surface area contributed by atoms with Crippen molar-refractivity contribution < 1.29 is 14.7 Å². The molecule has 0 saturated heterocycles. The summed E-state index contributed by atoms with van der Waals surface area (Å²) in [7, 11) is 1.75. The minimum Gasteiger partial charge on any atom is -0.481 e. The van der Waals surface area contributed by atoms with E-state index in [0.717, 1.165) is 28.0 Å². The van der Waals surface area contributed by atoms with Crippen molar-refractivity contribution in [3.05, 3.63) is 101 Å².